The summed E-state index contributed by atoms with van der Waals surface area (Å²) in [5.74, 6) is -0.390. The van der Waals surface area contributed by atoms with Crippen molar-refractivity contribution in [2.75, 3.05) is 7.05 Å². The number of sulfonamides is 1. The number of nitriles is 1. The third kappa shape index (κ3) is 4.62. The summed E-state index contributed by atoms with van der Waals surface area (Å²) in [6, 6.07) is 7.39. The highest BCUT2D eigenvalue weighted by molar-refractivity contribution is 7.93. The SMILES string of the molecule is C=N/C=C(\C=C(/C)C#N)S(=O)(=O)N(C)Cc1ccc(F)cc1. The molecule has 0 heterocycles. The first-order chi connectivity index (χ1) is 10.3. The molecule has 0 N–H and O–H groups in total. The van der Waals surface area contributed by atoms with Gasteiger partial charge in [-0.15, -0.1) is 0 Å². The van der Waals surface area contributed by atoms with Crippen molar-refractivity contribution in [1.29, 1.82) is 5.26 Å². The number of benzene rings is 1. The second-order valence-electron chi connectivity index (χ2n) is 4.54. The van der Waals surface area contributed by atoms with Gasteiger partial charge in [0, 0.05) is 25.4 Å². The average Bonchev–Trinajstić information content (AvgIpc) is 2.48. The van der Waals surface area contributed by atoms with Gasteiger partial charge in [-0.3, -0.25) is 4.99 Å². The maximum Gasteiger partial charge on any atom is 0.244 e. The number of halogens is 1. The van der Waals surface area contributed by atoms with E-state index >= 15 is 0 Å². The normalized spacial score (nSPS) is 13.0. The summed E-state index contributed by atoms with van der Waals surface area (Å²) in [4.78, 5) is 3.34. The first kappa shape index (κ1) is 17.8. The molecule has 0 amide bonds. The number of nitrogens with zero attached hydrogens (tertiary/aromatic N) is 3. The van der Waals surface area contributed by atoms with Crippen LogP contribution in [0.15, 0.2) is 52.0 Å². The molecule has 0 saturated carbocycles. The van der Waals surface area contributed by atoms with E-state index in [0.717, 1.165) is 10.5 Å². The van der Waals surface area contributed by atoms with Gasteiger partial charge in [0.25, 0.3) is 0 Å². The van der Waals surface area contributed by atoms with Crippen LogP contribution in [0.25, 0.3) is 0 Å². The van der Waals surface area contributed by atoms with Gasteiger partial charge in [0.2, 0.25) is 10.0 Å². The van der Waals surface area contributed by atoms with Crippen LogP contribution in [0.4, 0.5) is 4.39 Å². The van der Waals surface area contributed by atoms with Crippen LogP contribution >= 0.6 is 0 Å². The predicted octanol–water partition coefficient (Wildman–Crippen LogP) is 2.60. The first-order valence-corrected chi connectivity index (χ1v) is 7.70. The molecule has 0 atom stereocenters. The molecule has 116 valence electrons. The fourth-order valence-electron chi connectivity index (χ4n) is 1.63. The van der Waals surface area contributed by atoms with Gasteiger partial charge in [-0.05, 0) is 37.4 Å². The third-order valence-corrected chi connectivity index (χ3v) is 4.55. The van der Waals surface area contributed by atoms with Crippen molar-refractivity contribution in [1.82, 2.24) is 4.31 Å². The summed E-state index contributed by atoms with van der Waals surface area (Å²) in [6.07, 6.45) is 2.31. The molecule has 0 radical (unpaired) electrons. The molecule has 1 aromatic rings. The second kappa shape index (κ2) is 7.64. The fraction of sp³-hybridized carbons (Fsp3) is 0.200. The van der Waals surface area contributed by atoms with Gasteiger partial charge < -0.3 is 0 Å². The van der Waals surface area contributed by atoms with E-state index in [9.17, 15) is 12.8 Å². The molecular formula is C15H16FN3O2S. The molecule has 0 saturated heterocycles. The van der Waals surface area contributed by atoms with Crippen LogP contribution in [0.5, 0.6) is 0 Å². The molecule has 0 bridgehead atoms. The van der Waals surface area contributed by atoms with Crippen molar-refractivity contribution in [2.45, 2.75) is 13.5 Å². The molecular weight excluding hydrogens is 305 g/mol. The molecule has 0 spiro atoms. The number of aliphatic imine (C=N–C) groups is 1. The van der Waals surface area contributed by atoms with E-state index in [1.54, 1.807) is 0 Å². The number of allylic oxidation sites excluding steroid dienone is 2. The smallest absolute Gasteiger partial charge is 0.244 e. The zero-order valence-corrected chi connectivity index (χ0v) is 13.1. The van der Waals surface area contributed by atoms with E-state index in [4.69, 9.17) is 5.26 Å². The molecule has 0 fully saturated rings. The quantitative estimate of drug-likeness (QED) is 0.459. The molecule has 22 heavy (non-hydrogen) atoms. The highest BCUT2D eigenvalue weighted by Gasteiger charge is 2.22. The molecule has 5 nitrogen and oxygen atoms in total. The fourth-order valence-corrected chi connectivity index (χ4v) is 2.84. The Morgan fingerprint density at radius 3 is 2.55 bits per heavy atom. The van der Waals surface area contributed by atoms with E-state index < -0.39 is 15.8 Å². The average molecular weight is 321 g/mol. The van der Waals surface area contributed by atoms with Crippen molar-refractivity contribution in [3.63, 3.8) is 0 Å². The number of rotatable bonds is 6. The van der Waals surface area contributed by atoms with Gasteiger partial charge in [-0.25, -0.2) is 12.8 Å². The van der Waals surface area contributed by atoms with E-state index in [-0.39, 0.29) is 17.0 Å². The Labute approximate surface area is 129 Å². The van der Waals surface area contributed by atoms with Gasteiger partial charge in [0.15, 0.2) is 0 Å². The van der Waals surface area contributed by atoms with E-state index in [2.05, 4.69) is 11.7 Å². The summed E-state index contributed by atoms with van der Waals surface area (Å²) in [6.45, 7) is 4.80. The lowest BCUT2D eigenvalue weighted by Crippen LogP contribution is -2.27. The van der Waals surface area contributed by atoms with Crippen LogP contribution in [0.3, 0.4) is 0 Å². The highest BCUT2D eigenvalue weighted by atomic mass is 32.2. The topological polar surface area (TPSA) is 73.5 Å². The van der Waals surface area contributed by atoms with E-state index in [1.807, 2.05) is 6.07 Å². The molecule has 0 unspecified atom stereocenters. The summed E-state index contributed by atoms with van der Waals surface area (Å²) in [5, 5.41) is 8.78. The minimum atomic E-state index is -3.84. The Morgan fingerprint density at radius 1 is 1.45 bits per heavy atom. The lowest BCUT2D eigenvalue weighted by atomic mass is 10.2. The Morgan fingerprint density at radius 2 is 2.05 bits per heavy atom. The lowest BCUT2D eigenvalue weighted by molar-refractivity contribution is 0.473. The van der Waals surface area contributed by atoms with Crippen molar-refractivity contribution < 1.29 is 12.8 Å². The van der Waals surface area contributed by atoms with Gasteiger partial charge in [-0.2, -0.15) is 9.57 Å². The zero-order chi connectivity index (χ0) is 16.8. The minimum Gasteiger partial charge on any atom is -0.271 e. The highest BCUT2D eigenvalue weighted by Crippen LogP contribution is 2.18. The lowest BCUT2D eigenvalue weighted by Gasteiger charge is -2.17. The van der Waals surface area contributed by atoms with Gasteiger partial charge in [0.05, 0.1) is 6.07 Å². The van der Waals surface area contributed by atoms with Crippen LogP contribution in [-0.4, -0.2) is 26.5 Å². The largest absolute Gasteiger partial charge is 0.271 e. The zero-order valence-electron chi connectivity index (χ0n) is 12.3. The molecule has 0 aliphatic rings. The van der Waals surface area contributed by atoms with Crippen LogP contribution in [-0.2, 0) is 16.6 Å². The number of hydrogen-bond donors (Lipinski definition) is 0. The summed E-state index contributed by atoms with van der Waals surface area (Å²) < 4.78 is 38.9. The van der Waals surface area contributed by atoms with Crippen molar-refractivity contribution in [3.8, 4) is 6.07 Å². The Bertz CT molecular complexity index is 744. The Balaban J connectivity index is 3.09. The maximum atomic E-state index is 12.9. The van der Waals surface area contributed by atoms with Crippen LogP contribution in [0, 0.1) is 17.1 Å². The minimum absolute atomic E-state index is 0.0660. The van der Waals surface area contributed by atoms with Crippen LogP contribution in [0.2, 0.25) is 0 Å². The van der Waals surface area contributed by atoms with Gasteiger partial charge in [0.1, 0.15) is 10.7 Å². The summed E-state index contributed by atoms with van der Waals surface area (Å²) >= 11 is 0. The Kier molecular flexibility index (Phi) is 6.16. The van der Waals surface area contributed by atoms with Gasteiger partial charge >= 0.3 is 0 Å². The van der Waals surface area contributed by atoms with E-state index in [1.165, 1.54) is 44.3 Å². The number of hydrogen-bond acceptors (Lipinski definition) is 4. The van der Waals surface area contributed by atoms with Crippen LogP contribution in [0.1, 0.15) is 12.5 Å². The third-order valence-electron chi connectivity index (χ3n) is 2.78. The van der Waals surface area contributed by atoms with Gasteiger partial charge in [-0.1, -0.05) is 12.1 Å². The molecule has 1 rings (SSSR count). The van der Waals surface area contributed by atoms with E-state index in [0.29, 0.717) is 5.56 Å². The summed E-state index contributed by atoms with van der Waals surface area (Å²) in [7, 11) is -2.44. The van der Waals surface area contributed by atoms with Crippen LogP contribution < -0.4 is 0 Å². The van der Waals surface area contributed by atoms with Crippen molar-refractivity contribution in [2.24, 2.45) is 4.99 Å². The first-order valence-electron chi connectivity index (χ1n) is 6.26. The van der Waals surface area contributed by atoms with Crippen molar-refractivity contribution >= 4 is 16.7 Å². The summed E-state index contributed by atoms with van der Waals surface area (Å²) in [5.41, 5.74) is 0.869. The molecule has 1 aromatic carbocycles. The molecule has 0 aliphatic heterocycles. The van der Waals surface area contributed by atoms with Crippen molar-refractivity contribution in [3.05, 3.63) is 58.4 Å². The monoisotopic (exact) mass is 321 g/mol. The molecule has 0 aliphatic carbocycles. The molecule has 0 aromatic heterocycles. The second-order valence-corrected chi connectivity index (χ2v) is 6.59. The maximum absolute atomic E-state index is 12.9. The predicted molar refractivity (Wildman–Crippen MR) is 83.8 cm³/mol. The molecule has 7 heteroatoms. The Hall–Kier alpha value is -2.30. The standard InChI is InChI=1S/C15H16FN3O2S/c1-12(9-17)8-15(10-18-2)22(20,21)19(3)11-13-4-6-14(16)7-5-13/h4-8,10H,2,11H2,1,3H3/b12-8+,15-10+.